The van der Waals surface area contributed by atoms with E-state index in [1.807, 2.05) is 36.4 Å². The van der Waals surface area contributed by atoms with Gasteiger partial charge in [-0.3, -0.25) is 10.2 Å². The number of hydrogen-bond acceptors (Lipinski definition) is 4. The molecule has 1 saturated heterocycles. The highest BCUT2D eigenvalue weighted by atomic mass is 127. The molecule has 1 aliphatic heterocycles. The van der Waals surface area contributed by atoms with Gasteiger partial charge in [-0.05, 0) is 94.9 Å². The van der Waals surface area contributed by atoms with Crippen molar-refractivity contribution in [1.29, 1.82) is 5.41 Å². The Kier molecular flexibility index (Phi) is 7.86. The van der Waals surface area contributed by atoms with Crippen molar-refractivity contribution in [3.8, 4) is 0 Å². The van der Waals surface area contributed by atoms with E-state index in [9.17, 15) is 13.2 Å². The molecule has 0 aromatic heterocycles. The van der Waals surface area contributed by atoms with E-state index in [1.165, 1.54) is 12.1 Å². The van der Waals surface area contributed by atoms with Gasteiger partial charge < -0.3 is 16.0 Å². The van der Waals surface area contributed by atoms with Gasteiger partial charge in [0.1, 0.15) is 5.54 Å². The predicted molar refractivity (Wildman–Crippen MR) is 150 cm³/mol. The van der Waals surface area contributed by atoms with Crippen LogP contribution in [0, 0.1) is 14.9 Å². The molecule has 190 valence electrons. The maximum atomic E-state index is 13.7. The lowest BCUT2D eigenvalue weighted by atomic mass is 9.90. The number of piperidine rings is 1. The zero-order chi connectivity index (χ0) is 25.9. The Labute approximate surface area is 225 Å². The molecule has 2 atom stereocenters. The molecule has 0 bridgehead atoms. The summed E-state index contributed by atoms with van der Waals surface area (Å²) in [5, 5.41) is 12.6. The number of hydrogen-bond donors (Lipinski definition) is 4. The zero-order valence-electron chi connectivity index (χ0n) is 20.0. The van der Waals surface area contributed by atoms with Gasteiger partial charge in [0.2, 0.25) is 15.9 Å². The highest BCUT2D eigenvalue weighted by molar-refractivity contribution is 14.1. The minimum Gasteiger partial charge on any atom is -0.370 e. The third-order valence-electron chi connectivity index (χ3n) is 6.65. The number of nitrogens with two attached hydrogens (primary N) is 1. The average molecular weight is 620 g/mol. The molecule has 10 heteroatoms. The van der Waals surface area contributed by atoms with Crippen molar-refractivity contribution < 1.29 is 13.2 Å². The van der Waals surface area contributed by atoms with Crippen LogP contribution in [-0.2, 0) is 20.4 Å². The SMILES string of the molecule is C[C@](NS(=O)(=O)c1ccc(I)cc1)(C(=O)NC[C@@H]1CCCN(C(=N)N)C1)c1ccc2ccccc2c1. The minimum absolute atomic E-state index is 0.0253. The quantitative estimate of drug-likeness (QED) is 0.183. The van der Waals surface area contributed by atoms with Crippen LogP contribution >= 0.6 is 22.6 Å². The number of carbonyl (C=O) groups excluding carboxylic acids is 1. The van der Waals surface area contributed by atoms with Crippen LogP contribution in [-0.4, -0.2) is 44.8 Å². The molecule has 8 nitrogen and oxygen atoms in total. The van der Waals surface area contributed by atoms with Crippen molar-refractivity contribution in [2.45, 2.75) is 30.2 Å². The van der Waals surface area contributed by atoms with E-state index >= 15 is 0 Å². The number of halogens is 1. The number of likely N-dealkylation sites (tertiary alicyclic amines) is 1. The second-order valence-electron chi connectivity index (χ2n) is 9.30. The third kappa shape index (κ3) is 5.81. The van der Waals surface area contributed by atoms with E-state index in [1.54, 1.807) is 30.0 Å². The van der Waals surface area contributed by atoms with Crippen LogP contribution in [0.2, 0.25) is 0 Å². The normalized spacial score (nSPS) is 17.9. The second kappa shape index (κ2) is 10.7. The molecule has 4 rings (SSSR count). The number of nitrogens with zero attached hydrogens (tertiary/aromatic N) is 1. The van der Waals surface area contributed by atoms with E-state index in [-0.39, 0.29) is 16.8 Å². The summed E-state index contributed by atoms with van der Waals surface area (Å²) in [5.74, 6) is -0.301. The average Bonchev–Trinajstić information content (AvgIpc) is 2.87. The molecule has 1 aliphatic rings. The molecule has 0 unspecified atom stereocenters. The van der Waals surface area contributed by atoms with Gasteiger partial charge in [0.15, 0.2) is 5.96 Å². The summed E-state index contributed by atoms with van der Waals surface area (Å²) in [6.07, 6.45) is 1.77. The summed E-state index contributed by atoms with van der Waals surface area (Å²) < 4.78 is 30.4. The van der Waals surface area contributed by atoms with Crippen molar-refractivity contribution in [3.63, 3.8) is 0 Å². The first-order valence-electron chi connectivity index (χ1n) is 11.7. The number of guanidine groups is 1. The number of carbonyl (C=O) groups is 1. The van der Waals surface area contributed by atoms with Gasteiger partial charge in [-0.25, -0.2) is 8.42 Å². The fourth-order valence-corrected chi connectivity index (χ4v) is 6.26. The van der Waals surface area contributed by atoms with Crippen LogP contribution in [0.25, 0.3) is 10.8 Å². The number of nitrogens with one attached hydrogen (secondary N) is 3. The molecule has 36 heavy (non-hydrogen) atoms. The molecule has 1 heterocycles. The Hall–Kier alpha value is -2.70. The Morgan fingerprint density at radius 1 is 1.14 bits per heavy atom. The second-order valence-corrected chi connectivity index (χ2v) is 12.2. The molecule has 1 amide bonds. The van der Waals surface area contributed by atoms with Crippen LogP contribution < -0.4 is 15.8 Å². The molecule has 3 aromatic carbocycles. The Morgan fingerprint density at radius 2 is 1.83 bits per heavy atom. The van der Waals surface area contributed by atoms with E-state index < -0.39 is 21.5 Å². The smallest absolute Gasteiger partial charge is 0.245 e. The number of amides is 1. The monoisotopic (exact) mass is 619 g/mol. The van der Waals surface area contributed by atoms with Crippen molar-refractivity contribution in [2.24, 2.45) is 11.7 Å². The number of rotatable bonds is 7. The predicted octanol–water partition coefficient (Wildman–Crippen LogP) is 3.36. The van der Waals surface area contributed by atoms with Crippen LogP contribution in [0.15, 0.2) is 71.6 Å². The van der Waals surface area contributed by atoms with Crippen molar-refractivity contribution >= 4 is 55.3 Å². The lowest BCUT2D eigenvalue weighted by molar-refractivity contribution is -0.127. The Morgan fingerprint density at radius 3 is 2.53 bits per heavy atom. The zero-order valence-corrected chi connectivity index (χ0v) is 23.0. The Bertz CT molecular complexity index is 1380. The summed E-state index contributed by atoms with van der Waals surface area (Å²) in [6.45, 7) is 3.26. The number of fused-ring (bicyclic) bond motifs is 1. The van der Waals surface area contributed by atoms with Crippen molar-refractivity contribution in [1.82, 2.24) is 14.9 Å². The summed E-state index contributed by atoms with van der Waals surface area (Å²) in [7, 11) is -4.01. The summed E-state index contributed by atoms with van der Waals surface area (Å²) >= 11 is 2.11. The Balaban J connectivity index is 1.64. The molecule has 3 aromatic rings. The highest BCUT2D eigenvalue weighted by Crippen LogP contribution is 2.28. The van der Waals surface area contributed by atoms with Crippen molar-refractivity contribution in [2.75, 3.05) is 19.6 Å². The lowest BCUT2D eigenvalue weighted by Crippen LogP contribution is -2.55. The lowest BCUT2D eigenvalue weighted by Gasteiger charge is -2.34. The van der Waals surface area contributed by atoms with Crippen LogP contribution in [0.5, 0.6) is 0 Å². The van der Waals surface area contributed by atoms with Crippen molar-refractivity contribution in [3.05, 3.63) is 75.9 Å². The molecule has 1 fully saturated rings. The van der Waals surface area contributed by atoms with Gasteiger partial charge >= 0.3 is 0 Å². The van der Waals surface area contributed by atoms with Gasteiger partial charge in [-0.1, -0.05) is 36.4 Å². The molecule has 0 radical (unpaired) electrons. The molecule has 0 saturated carbocycles. The summed E-state index contributed by atoms with van der Waals surface area (Å²) in [5.41, 5.74) is 4.64. The van der Waals surface area contributed by atoms with Gasteiger partial charge in [0.05, 0.1) is 4.90 Å². The van der Waals surface area contributed by atoms with Crippen LogP contribution in [0.4, 0.5) is 0 Å². The fraction of sp³-hybridized carbons (Fsp3) is 0.308. The minimum atomic E-state index is -4.01. The first-order chi connectivity index (χ1) is 17.1. The standard InChI is InChI=1S/C26H30IN5O3S/c1-26(21-9-8-19-6-2-3-7-20(19)15-21,31-36(34,35)23-12-10-22(27)11-13-23)24(33)30-16-18-5-4-14-32(17-18)25(28)29/h2-3,6-13,15,18,31H,4-5,14,16-17H2,1H3,(H3,28,29)(H,30,33)/t18-,26+/m0/s1. The molecular formula is C26H30IN5O3S. The summed E-state index contributed by atoms with van der Waals surface area (Å²) in [6, 6.07) is 19.8. The van der Waals surface area contributed by atoms with Crippen LogP contribution in [0.1, 0.15) is 25.3 Å². The fourth-order valence-electron chi connectivity index (χ4n) is 4.54. The molecule has 0 spiro atoms. The molecule has 5 N–H and O–H groups in total. The highest BCUT2D eigenvalue weighted by Gasteiger charge is 2.40. The third-order valence-corrected chi connectivity index (χ3v) is 8.94. The first-order valence-corrected chi connectivity index (χ1v) is 14.3. The maximum Gasteiger partial charge on any atom is 0.245 e. The molecule has 0 aliphatic carbocycles. The van der Waals surface area contributed by atoms with E-state index in [0.717, 1.165) is 33.7 Å². The van der Waals surface area contributed by atoms with Gasteiger partial charge in [0.25, 0.3) is 0 Å². The number of sulfonamides is 1. The van der Waals surface area contributed by atoms with Gasteiger partial charge in [0, 0.05) is 23.2 Å². The largest absolute Gasteiger partial charge is 0.370 e. The van der Waals surface area contributed by atoms with E-state index in [2.05, 4.69) is 32.6 Å². The van der Waals surface area contributed by atoms with Gasteiger partial charge in [-0.15, -0.1) is 0 Å². The number of benzene rings is 3. The first kappa shape index (κ1) is 26.4. The molecular weight excluding hydrogens is 589 g/mol. The van der Waals surface area contributed by atoms with Gasteiger partial charge in [-0.2, -0.15) is 4.72 Å². The van der Waals surface area contributed by atoms with Crippen LogP contribution in [0.3, 0.4) is 0 Å². The van der Waals surface area contributed by atoms with E-state index in [0.29, 0.717) is 18.7 Å². The summed E-state index contributed by atoms with van der Waals surface area (Å²) in [4.78, 5) is 15.6. The maximum absolute atomic E-state index is 13.7. The van der Waals surface area contributed by atoms with E-state index in [4.69, 9.17) is 11.1 Å². The topological polar surface area (TPSA) is 128 Å².